The molecule has 7 nitrogen and oxygen atoms in total. The second kappa shape index (κ2) is 8.91. The average molecular weight is 417 g/mol. The minimum Gasteiger partial charge on any atom is -0.463 e. The van der Waals surface area contributed by atoms with Crippen LogP contribution >= 0.6 is 0 Å². The van der Waals surface area contributed by atoms with Crippen molar-refractivity contribution >= 4 is 6.03 Å². The Morgan fingerprint density at radius 1 is 1.28 bits per heavy atom. The van der Waals surface area contributed by atoms with Crippen molar-refractivity contribution in [1.82, 2.24) is 24.7 Å². The number of aryl methyl sites for hydroxylation is 1. The molecule has 3 rings (SSSR count). The van der Waals surface area contributed by atoms with E-state index >= 15 is 0 Å². The number of ether oxygens (including phenoxy) is 1. The number of likely N-dealkylation sites (N-methyl/N-ethyl adjacent to an activating group) is 1. The predicted octanol–water partition coefficient (Wildman–Crippen LogP) is 2.50. The molecule has 2 fully saturated rings. The number of hydrogen-bond acceptors (Lipinski definition) is 5. The number of nitrogens with zero attached hydrogens (tertiary/aromatic N) is 4. The molecule has 0 bridgehead atoms. The lowest BCUT2D eigenvalue weighted by Gasteiger charge is -2.32. The summed E-state index contributed by atoms with van der Waals surface area (Å²) >= 11 is 0. The maximum Gasteiger partial charge on any atom is 0.394 e. The number of halogens is 3. The molecule has 2 aliphatic rings. The van der Waals surface area contributed by atoms with Gasteiger partial charge in [0.1, 0.15) is 6.61 Å². The number of imidazole rings is 1. The highest BCUT2D eigenvalue weighted by molar-refractivity contribution is 5.78. The Hall–Kier alpha value is -1.81. The molecule has 1 aliphatic heterocycles. The van der Waals surface area contributed by atoms with Gasteiger partial charge in [0.15, 0.2) is 0 Å². The van der Waals surface area contributed by atoms with E-state index < -0.39 is 17.6 Å². The normalized spacial score (nSPS) is 19.9. The second-order valence-corrected chi connectivity index (χ2v) is 8.14. The van der Waals surface area contributed by atoms with E-state index in [0.29, 0.717) is 18.7 Å². The molecule has 2 heterocycles. The lowest BCUT2D eigenvalue weighted by molar-refractivity contribution is -0.189. The number of carbonyl (C=O) groups is 1. The Labute approximate surface area is 169 Å². The minimum absolute atomic E-state index is 0.0497. The quantitative estimate of drug-likeness (QED) is 0.659. The third-order valence-electron chi connectivity index (χ3n) is 5.81. The summed E-state index contributed by atoms with van der Waals surface area (Å²) in [5.74, 6) is 0. The van der Waals surface area contributed by atoms with E-state index in [1.807, 2.05) is 0 Å². The van der Waals surface area contributed by atoms with E-state index in [0.717, 1.165) is 32.7 Å². The van der Waals surface area contributed by atoms with Crippen LogP contribution in [0.3, 0.4) is 0 Å². The molecule has 1 N–H and O–H groups in total. The average Bonchev–Trinajstić information content (AvgIpc) is 3.37. The first-order valence-electron chi connectivity index (χ1n) is 10.1. The fourth-order valence-electron chi connectivity index (χ4n) is 3.59. The highest BCUT2D eigenvalue weighted by Crippen LogP contribution is 2.60. The van der Waals surface area contributed by atoms with Gasteiger partial charge in [0.05, 0.1) is 11.1 Å². The van der Waals surface area contributed by atoms with Crippen LogP contribution in [0, 0.1) is 12.3 Å². The van der Waals surface area contributed by atoms with E-state index in [2.05, 4.69) is 27.1 Å². The number of amides is 1. The standard InChI is InChI=1S/C19H30F3N5O2/c1-15-14-27(16(28)23-7-3-4-18(5-6-18)19(20,21)22)17(24-15)29-13-12-26-10-8-25(2)9-11-26/h14H,3-13H2,1-2H3,(H,23,28). The van der Waals surface area contributed by atoms with Gasteiger partial charge in [0.2, 0.25) is 0 Å². The summed E-state index contributed by atoms with van der Waals surface area (Å²) in [6.07, 6.45) is -1.86. The number of hydrogen-bond donors (Lipinski definition) is 1. The number of aromatic nitrogens is 2. The Kier molecular flexibility index (Phi) is 6.72. The molecule has 1 amide bonds. The summed E-state index contributed by atoms with van der Waals surface area (Å²) in [5.41, 5.74) is -0.885. The first-order chi connectivity index (χ1) is 13.7. The van der Waals surface area contributed by atoms with Crippen molar-refractivity contribution in [2.24, 2.45) is 5.41 Å². The van der Waals surface area contributed by atoms with E-state index in [9.17, 15) is 18.0 Å². The van der Waals surface area contributed by atoms with E-state index in [1.54, 1.807) is 13.1 Å². The van der Waals surface area contributed by atoms with Crippen molar-refractivity contribution in [1.29, 1.82) is 0 Å². The van der Waals surface area contributed by atoms with Gasteiger partial charge < -0.3 is 15.0 Å². The van der Waals surface area contributed by atoms with Crippen LogP contribution in [-0.4, -0.2) is 84.5 Å². The topological polar surface area (TPSA) is 62.6 Å². The van der Waals surface area contributed by atoms with Gasteiger partial charge in [-0.2, -0.15) is 13.2 Å². The Balaban J connectivity index is 1.42. The van der Waals surface area contributed by atoms with Crippen LogP contribution in [0.15, 0.2) is 6.20 Å². The lowest BCUT2D eigenvalue weighted by atomic mass is 10.00. The molecule has 1 aromatic heterocycles. The molecule has 0 radical (unpaired) electrons. The van der Waals surface area contributed by atoms with Crippen LogP contribution < -0.4 is 10.1 Å². The number of alkyl halides is 3. The first-order valence-corrected chi connectivity index (χ1v) is 10.1. The van der Waals surface area contributed by atoms with Crippen molar-refractivity contribution in [3.8, 4) is 6.01 Å². The van der Waals surface area contributed by atoms with Crippen molar-refractivity contribution in [3.63, 3.8) is 0 Å². The van der Waals surface area contributed by atoms with Crippen molar-refractivity contribution in [2.45, 2.75) is 38.8 Å². The summed E-state index contributed by atoms with van der Waals surface area (Å²) in [7, 11) is 2.10. The molecular weight excluding hydrogens is 387 g/mol. The van der Waals surface area contributed by atoms with Gasteiger partial charge in [0, 0.05) is 45.5 Å². The molecule has 1 saturated heterocycles. The van der Waals surface area contributed by atoms with Crippen LogP contribution in [0.4, 0.5) is 18.0 Å². The van der Waals surface area contributed by atoms with Gasteiger partial charge in [0.25, 0.3) is 0 Å². The molecule has 1 aromatic rings. The molecule has 0 unspecified atom stereocenters. The van der Waals surface area contributed by atoms with Crippen molar-refractivity contribution < 1.29 is 22.7 Å². The smallest absolute Gasteiger partial charge is 0.394 e. The van der Waals surface area contributed by atoms with E-state index in [4.69, 9.17) is 4.74 Å². The van der Waals surface area contributed by atoms with Crippen LogP contribution in [0.2, 0.25) is 0 Å². The highest BCUT2D eigenvalue weighted by Gasteiger charge is 2.62. The third kappa shape index (κ3) is 5.63. The zero-order valence-corrected chi connectivity index (χ0v) is 17.1. The summed E-state index contributed by atoms with van der Waals surface area (Å²) < 4.78 is 45.9. The summed E-state index contributed by atoms with van der Waals surface area (Å²) in [5, 5.41) is 2.67. The van der Waals surface area contributed by atoms with Crippen LogP contribution in [0.25, 0.3) is 0 Å². The van der Waals surface area contributed by atoms with Gasteiger partial charge in [-0.25, -0.2) is 14.3 Å². The van der Waals surface area contributed by atoms with Gasteiger partial charge in [-0.15, -0.1) is 0 Å². The van der Waals surface area contributed by atoms with Gasteiger partial charge in [-0.3, -0.25) is 4.90 Å². The SMILES string of the molecule is Cc1cn(C(=O)NCCCC2(C(F)(F)F)CC2)c(OCCN2CCN(C)CC2)n1. The Morgan fingerprint density at radius 3 is 2.59 bits per heavy atom. The maximum absolute atomic E-state index is 13.0. The molecule has 1 aliphatic carbocycles. The summed E-state index contributed by atoms with van der Waals surface area (Å²) in [6.45, 7) is 7.12. The van der Waals surface area contributed by atoms with Crippen LogP contribution in [-0.2, 0) is 0 Å². The zero-order chi connectivity index (χ0) is 21.1. The third-order valence-corrected chi connectivity index (χ3v) is 5.81. The van der Waals surface area contributed by atoms with Gasteiger partial charge >= 0.3 is 18.2 Å². The van der Waals surface area contributed by atoms with Crippen LogP contribution in [0.1, 0.15) is 31.4 Å². The fourth-order valence-corrected chi connectivity index (χ4v) is 3.59. The maximum atomic E-state index is 13.0. The zero-order valence-electron chi connectivity index (χ0n) is 17.1. The molecule has 0 aromatic carbocycles. The molecule has 1 saturated carbocycles. The van der Waals surface area contributed by atoms with Gasteiger partial charge in [-0.05, 0) is 39.7 Å². The second-order valence-electron chi connectivity index (χ2n) is 8.14. The van der Waals surface area contributed by atoms with Crippen molar-refractivity contribution in [2.75, 3.05) is 52.9 Å². The molecule has 164 valence electrons. The minimum atomic E-state index is -4.15. The Bertz CT molecular complexity index is 695. The molecule has 29 heavy (non-hydrogen) atoms. The van der Waals surface area contributed by atoms with Crippen LogP contribution in [0.5, 0.6) is 6.01 Å². The number of rotatable bonds is 8. The number of carbonyl (C=O) groups excluding carboxylic acids is 1. The molecule has 0 atom stereocenters. The monoisotopic (exact) mass is 417 g/mol. The molecule has 0 spiro atoms. The first kappa shape index (κ1) is 21.9. The van der Waals surface area contributed by atoms with E-state index in [1.165, 1.54) is 4.57 Å². The Morgan fingerprint density at radius 2 is 1.97 bits per heavy atom. The van der Waals surface area contributed by atoms with E-state index in [-0.39, 0.29) is 31.8 Å². The fraction of sp³-hybridized carbons (Fsp3) is 0.789. The van der Waals surface area contributed by atoms with Crippen molar-refractivity contribution in [3.05, 3.63) is 11.9 Å². The lowest BCUT2D eigenvalue weighted by Crippen LogP contribution is -2.45. The molecule has 10 heteroatoms. The van der Waals surface area contributed by atoms with Gasteiger partial charge in [-0.1, -0.05) is 0 Å². The molecular formula is C19H30F3N5O2. The highest BCUT2D eigenvalue weighted by atomic mass is 19.4. The number of nitrogens with one attached hydrogen (secondary N) is 1. The summed E-state index contributed by atoms with van der Waals surface area (Å²) in [6, 6.07) is -0.222. The summed E-state index contributed by atoms with van der Waals surface area (Å²) in [4.78, 5) is 21.2. The predicted molar refractivity (Wildman–Crippen MR) is 102 cm³/mol. The number of piperazine rings is 1. The largest absolute Gasteiger partial charge is 0.463 e.